The largest absolute Gasteiger partial charge is 0.349 e. The van der Waals surface area contributed by atoms with Crippen molar-refractivity contribution in [3.63, 3.8) is 0 Å². The van der Waals surface area contributed by atoms with Crippen molar-refractivity contribution in [2.75, 3.05) is 6.54 Å². The summed E-state index contributed by atoms with van der Waals surface area (Å²) in [7, 11) is -3.95. The summed E-state index contributed by atoms with van der Waals surface area (Å²) in [5.74, 6) is -0.855. The molecule has 1 aliphatic carbocycles. The maximum Gasteiger partial charge on any atom is 0.269 e. The van der Waals surface area contributed by atoms with Gasteiger partial charge >= 0.3 is 0 Å². The number of hydrogen-bond acceptors (Lipinski definition) is 5. The monoisotopic (exact) mass is 547 g/mol. The topological polar surface area (TPSA) is 95.6 Å². The van der Waals surface area contributed by atoms with E-state index < -0.39 is 15.9 Å². The van der Waals surface area contributed by atoms with Crippen LogP contribution in [0, 0.1) is 0 Å². The van der Waals surface area contributed by atoms with Crippen LogP contribution in [0.3, 0.4) is 0 Å². The van der Waals surface area contributed by atoms with Gasteiger partial charge in [-0.2, -0.15) is 0 Å². The number of nitrogens with one attached hydrogen (secondary N) is 2. The Kier molecular flexibility index (Phi) is 6.90. The number of halogens is 1. The predicted molar refractivity (Wildman–Crippen MR) is 134 cm³/mol. The van der Waals surface area contributed by atoms with Crippen LogP contribution >= 0.6 is 15.9 Å². The van der Waals surface area contributed by atoms with Gasteiger partial charge in [-0.05, 0) is 74.9 Å². The number of carbonyl (C=O) groups excluding carboxylic acids is 2. The number of rotatable bonds is 6. The van der Waals surface area contributed by atoms with Crippen molar-refractivity contribution in [2.24, 2.45) is 0 Å². The molecule has 2 amide bonds. The molecule has 1 aliphatic heterocycles. The van der Waals surface area contributed by atoms with Gasteiger partial charge in [0.05, 0.1) is 11.6 Å². The van der Waals surface area contributed by atoms with E-state index in [4.69, 9.17) is 0 Å². The molecular weight excluding hydrogens is 518 g/mol. The van der Waals surface area contributed by atoms with E-state index in [-0.39, 0.29) is 40.9 Å². The van der Waals surface area contributed by atoms with Crippen molar-refractivity contribution in [2.45, 2.75) is 69.5 Å². The Morgan fingerprint density at radius 1 is 1.18 bits per heavy atom. The zero-order valence-corrected chi connectivity index (χ0v) is 22.1. The molecule has 0 unspecified atom stereocenters. The summed E-state index contributed by atoms with van der Waals surface area (Å²) in [5.41, 5.74) is 3.74. The number of nitrogens with zero attached hydrogens (tertiary/aromatic N) is 1. The predicted octanol–water partition coefficient (Wildman–Crippen LogP) is 4.07. The molecular formula is C25H30BrN3O4S. The summed E-state index contributed by atoms with van der Waals surface area (Å²) < 4.78 is 27.0. The Morgan fingerprint density at radius 3 is 2.68 bits per heavy atom. The minimum absolute atomic E-state index is 0.0229. The first-order chi connectivity index (χ1) is 16.0. The summed E-state index contributed by atoms with van der Waals surface area (Å²) in [6, 6.07) is 10.8. The summed E-state index contributed by atoms with van der Waals surface area (Å²) >= 11 is 3.25. The molecule has 2 aliphatic rings. The highest BCUT2D eigenvalue weighted by atomic mass is 79.9. The first kappa shape index (κ1) is 24.9. The van der Waals surface area contributed by atoms with Crippen molar-refractivity contribution in [3.05, 3.63) is 63.1 Å². The molecule has 0 saturated carbocycles. The zero-order chi connectivity index (χ0) is 24.7. The Balaban J connectivity index is 1.40. The van der Waals surface area contributed by atoms with Gasteiger partial charge in [0.15, 0.2) is 0 Å². The standard InChI is InChI=1S/C25H30BrN3O4S/c1-25(2,3)27-15-16-7-9-19-17(13-16)5-4-6-21(19)28-23(30)11-12-29-24(31)20-10-8-18(26)14-22(20)34(29,32)33/h7-10,13-14,21,27H,4-6,11-12,15H2,1-3H3,(H,28,30)/t21-/m1/s1. The van der Waals surface area contributed by atoms with Gasteiger partial charge in [0, 0.05) is 29.5 Å². The van der Waals surface area contributed by atoms with Crippen LogP contribution in [0.25, 0.3) is 0 Å². The van der Waals surface area contributed by atoms with Crippen LogP contribution in [0.4, 0.5) is 0 Å². The van der Waals surface area contributed by atoms with E-state index in [9.17, 15) is 18.0 Å². The highest BCUT2D eigenvalue weighted by Crippen LogP contribution is 2.33. The Morgan fingerprint density at radius 2 is 1.94 bits per heavy atom. The van der Waals surface area contributed by atoms with E-state index in [0.29, 0.717) is 4.47 Å². The number of sulfonamides is 1. The van der Waals surface area contributed by atoms with Gasteiger partial charge in [-0.25, -0.2) is 12.7 Å². The molecule has 4 rings (SSSR count). The smallest absolute Gasteiger partial charge is 0.269 e. The second kappa shape index (κ2) is 9.43. The zero-order valence-electron chi connectivity index (χ0n) is 19.7. The first-order valence-electron chi connectivity index (χ1n) is 11.5. The van der Waals surface area contributed by atoms with Gasteiger partial charge < -0.3 is 10.6 Å². The van der Waals surface area contributed by atoms with Crippen molar-refractivity contribution in [3.8, 4) is 0 Å². The van der Waals surface area contributed by atoms with Crippen molar-refractivity contribution in [1.82, 2.24) is 14.9 Å². The van der Waals surface area contributed by atoms with Gasteiger partial charge in [0.1, 0.15) is 4.90 Å². The average molecular weight is 549 g/mol. The van der Waals surface area contributed by atoms with Crippen molar-refractivity contribution in [1.29, 1.82) is 0 Å². The molecule has 2 aromatic carbocycles. The lowest BCUT2D eigenvalue weighted by Gasteiger charge is -2.28. The molecule has 0 radical (unpaired) electrons. The van der Waals surface area contributed by atoms with E-state index >= 15 is 0 Å². The number of aryl methyl sites for hydroxylation is 1. The third-order valence-electron chi connectivity index (χ3n) is 6.19. The van der Waals surface area contributed by atoms with Crippen LogP contribution in [0.15, 0.2) is 45.8 Å². The lowest BCUT2D eigenvalue weighted by Crippen LogP contribution is -2.36. The summed E-state index contributed by atoms with van der Waals surface area (Å²) in [4.78, 5) is 25.3. The lowest BCUT2D eigenvalue weighted by atomic mass is 9.86. The van der Waals surface area contributed by atoms with E-state index in [1.54, 1.807) is 6.07 Å². The van der Waals surface area contributed by atoms with Gasteiger partial charge in [0.2, 0.25) is 5.91 Å². The molecule has 34 heavy (non-hydrogen) atoms. The molecule has 0 aromatic heterocycles. The molecule has 1 heterocycles. The maximum atomic E-state index is 12.8. The normalized spacial score (nSPS) is 19.0. The highest BCUT2D eigenvalue weighted by molar-refractivity contribution is 9.10. The summed E-state index contributed by atoms with van der Waals surface area (Å²) in [6.07, 6.45) is 2.69. The molecule has 0 spiro atoms. The second-order valence-corrected chi connectivity index (χ2v) is 12.7. The molecule has 0 bridgehead atoms. The van der Waals surface area contributed by atoms with E-state index in [0.717, 1.165) is 35.7 Å². The number of amides is 2. The Hall–Kier alpha value is -2.23. The average Bonchev–Trinajstić information content (AvgIpc) is 2.95. The third kappa shape index (κ3) is 5.21. The number of carbonyl (C=O) groups is 2. The SMILES string of the molecule is CC(C)(C)NCc1ccc2c(c1)CCC[C@H]2NC(=O)CCN1C(=O)c2ccc(Br)cc2S1(=O)=O. The van der Waals surface area contributed by atoms with Crippen molar-refractivity contribution >= 4 is 37.8 Å². The highest BCUT2D eigenvalue weighted by Gasteiger charge is 2.41. The quantitative estimate of drug-likeness (QED) is 0.568. The number of hydrogen-bond donors (Lipinski definition) is 2. The van der Waals surface area contributed by atoms with Crippen LogP contribution in [0.5, 0.6) is 0 Å². The fraction of sp³-hybridized carbons (Fsp3) is 0.440. The molecule has 7 nitrogen and oxygen atoms in total. The van der Waals surface area contributed by atoms with Gasteiger partial charge in [-0.15, -0.1) is 0 Å². The van der Waals surface area contributed by atoms with Gasteiger partial charge in [-0.3, -0.25) is 9.59 Å². The number of fused-ring (bicyclic) bond motifs is 2. The van der Waals surface area contributed by atoms with E-state index in [2.05, 4.69) is 65.5 Å². The molecule has 2 aromatic rings. The third-order valence-corrected chi connectivity index (χ3v) is 8.51. The van der Waals surface area contributed by atoms with Crippen LogP contribution in [-0.4, -0.2) is 36.6 Å². The fourth-order valence-corrected chi connectivity index (χ4v) is 6.54. The van der Waals surface area contributed by atoms with Crippen molar-refractivity contribution < 1.29 is 18.0 Å². The molecule has 1 atom stereocenters. The van der Waals surface area contributed by atoms with Crippen LogP contribution in [0.2, 0.25) is 0 Å². The van der Waals surface area contributed by atoms with Crippen LogP contribution in [-0.2, 0) is 27.8 Å². The first-order valence-corrected chi connectivity index (χ1v) is 13.7. The maximum absolute atomic E-state index is 12.8. The van der Waals surface area contributed by atoms with Gasteiger partial charge in [-0.1, -0.05) is 34.1 Å². The second-order valence-electron chi connectivity index (χ2n) is 9.92. The Bertz CT molecular complexity index is 1240. The van der Waals surface area contributed by atoms with Crippen LogP contribution in [0.1, 0.15) is 73.1 Å². The van der Waals surface area contributed by atoms with Crippen LogP contribution < -0.4 is 10.6 Å². The van der Waals surface area contributed by atoms with E-state index in [1.807, 2.05) is 0 Å². The minimum atomic E-state index is -3.95. The fourth-order valence-electron chi connectivity index (χ4n) is 4.43. The molecule has 2 N–H and O–H groups in total. The summed E-state index contributed by atoms with van der Waals surface area (Å²) in [6.45, 7) is 7.00. The molecule has 182 valence electrons. The molecule has 0 fully saturated rings. The minimum Gasteiger partial charge on any atom is -0.349 e. The molecule has 0 saturated heterocycles. The summed E-state index contributed by atoms with van der Waals surface area (Å²) in [5, 5.41) is 6.55. The molecule has 9 heteroatoms. The Labute approximate surface area is 209 Å². The number of benzene rings is 2. The van der Waals surface area contributed by atoms with E-state index in [1.165, 1.54) is 23.3 Å². The van der Waals surface area contributed by atoms with Gasteiger partial charge in [0.25, 0.3) is 15.9 Å². The lowest BCUT2D eigenvalue weighted by molar-refractivity contribution is -0.122.